The molecular weight excluding hydrogens is 286 g/mol. The normalized spacial score (nSPS) is 10.3. The number of nitrogens with zero attached hydrogens (tertiary/aromatic N) is 2. The number of halogens is 1. The summed E-state index contributed by atoms with van der Waals surface area (Å²) in [5.74, 6) is 1.07. The van der Waals surface area contributed by atoms with Gasteiger partial charge in [0.15, 0.2) is 0 Å². The Hall–Kier alpha value is -0.880. The molecule has 96 valence electrons. The second-order valence-corrected chi connectivity index (χ2v) is 4.27. The molecule has 17 heavy (non-hydrogen) atoms. The van der Waals surface area contributed by atoms with E-state index in [-0.39, 0.29) is 0 Å². The summed E-state index contributed by atoms with van der Waals surface area (Å²) in [6.45, 7) is 3.98. The lowest BCUT2D eigenvalue weighted by Crippen LogP contribution is -2.09. The zero-order chi connectivity index (χ0) is 12.5. The fraction of sp³-hybridized carbons (Fsp3) is 0.636. The number of rotatable bonds is 8. The van der Waals surface area contributed by atoms with Crippen LogP contribution in [0, 0.1) is 0 Å². The molecule has 0 saturated heterocycles. The largest absolute Gasteiger partial charge is 0.474 e. The summed E-state index contributed by atoms with van der Waals surface area (Å²) in [5, 5.41) is 2.86. The third-order valence-corrected chi connectivity index (χ3v) is 2.59. The average Bonchev–Trinajstić information content (AvgIpc) is 2.35. The van der Waals surface area contributed by atoms with Gasteiger partial charge in [0.05, 0.1) is 17.3 Å². The molecule has 0 unspecified atom stereocenters. The van der Waals surface area contributed by atoms with E-state index in [1.54, 1.807) is 13.2 Å². The molecule has 0 aromatic carbocycles. The zero-order valence-electron chi connectivity index (χ0n) is 10.2. The molecule has 6 heteroatoms. The number of hydrogen-bond acceptors (Lipinski definition) is 5. The van der Waals surface area contributed by atoms with E-state index < -0.39 is 0 Å². The van der Waals surface area contributed by atoms with Crippen LogP contribution in [0.25, 0.3) is 0 Å². The Balaban J connectivity index is 2.30. The van der Waals surface area contributed by atoms with Crippen LogP contribution in [-0.2, 0) is 4.74 Å². The van der Waals surface area contributed by atoms with Crippen molar-refractivity contribution in [3.8, 4) is 5.88 Å². The van der Waals surface area contributed by atoms with Crippen molar-refractivity contribution < 1.29 is 9.47 Å². The van der Waals surface area contributed by atoms with Gasteiger partial charge in [-0.3, -0.25) is 0 Å². The smallest absolute Gasteiger partial charge is 0.232 e. The number of ether oxygens (including phenoxy) is 2. The molecule has 1 rings (SSSR count). The van der Waals surface area contributed by atoms with Crippen molar-refractivity contribution in [2.24, 2.45) is 0 Å². The van der Waals surface area contributed by atoms with Crippen LogP contribution in [0.15, 0.2) is 10.7 Å². The summed E-state index contributed by atoms with van der Waals surface area (Å²) in [7, 11) is 1.76. The van der Waals surface area contributed by atoms with Crippen molar-refractivity contribution in [2.75, 3.05) is 32.2 Å². The molecule has 0 aliphatic heterocycles. The Morgan fingerprint density at radius 1 is 1.35 bits per heavy atom. The van der Waals surface area contributed by atoms with E-state index in [0.29, 0.717) is 25.0 Å². The lowest BCUT2D eigenvalue weighted by Gasteiger charge is -2.08. The first-order valence-corrected chi connectivity index (χ1v) is 6.48. The highest BCUT2D eigenvalue weighted by molar-refractivity contribution is 9.10. The standard InChI is InChI=1S/C11H18BrN3O2/c1-3-4-5-16-6-7-17-10-9(12)8-14-11(13-2)15-10/h8H,3-7H2,1-2H3,(H,13,14,15). The molecule has 0 amide bonds. The number of hydrogen-bond donors (Lipinski definition) is 1. The van der Waals surface area contributed by atoms with Gasteiger partial charge in [0.25, 0.3) is 0 Å². The molecule has 0 radical (unpaired) electrons. The minimum atomic E-state index is 0.489. The summed E-state index contributed by atoms with van der Waals surface area (Å²) in [6, 6.07) is 0. The van der Waals surface area contributed by atoms with Crippen LogP contribution in [-0.4, -0.2) is 36.8 Å². The van der Waals surface area contributed by atoms with Crippen molar-refractivity contribution in [1.82, 2.24) is 9.97 Å². The molecule has 0 fully saturated rings. The van der Waals surface area contributed by atoms with E-state index in [1.165, 1.54) is 0 Å². The second kappa shape index (κ2) is 8.25. The zero-order valence-corrected chi connectivity index (χ0v) is 11.8. The molecule has 0 bridgehead atoms. The first-order valence-electron chi connectivity index (χ1n) is 5.68. The first-order chi connectivity index (χ1) is 8.27. The van der Waals surface area contributed by atoms with Gasteiger partial charge in [-0.15, -0.1) is 0 Å². The van der Waals surface area contributed by atoms with Crippen LogP contribution in [0.1, 0.15) is 19.8 Å². The van der Waals surface area contributed by atoms with Gasteiger partial charge < -0.3 is 14.8 Å². The SMILES string of the molecule is CCCCOCCOc1nc(NC)ncc1Br. The van der Waals surface area contributed by atoms with Gasteiger partial charge in [0.2, 0.25) is 11.8 Å². The van der Waals surface area contributed by atoms with E-state index >= 15 is 0 Å². The van der Waals surface area contributed by atoms with Gasteiger partial charge in [-0.25, -0.2) is 4.98 Å². The molecule has 0 saturated carbocycles. The maximum atomic E-state index is 5.50. The minimum Gasteiger partial charge on any atom is -0.474 e. The van der Waals surface area contributed by atoms with Crippen molar-refractivity contribution in [2.45, 2.75) is 19.8 Å². The first kappa shape index (κ1) is 14.2. The Bertz CT molecular complexity index is 336. The minimum absolute atomic E-state index is 0.489. The van der Waals surface area contributed by atoms with Gasteiger partial charge in [-0.2, -0.15) is 4.98 Å². The average molecular weight is 304 g/mol. The molecule has 1 heterocycles. The maximum absolute atomic E-state index is 5.50. The third-order valence-electron chi connectivity index (χ3n) is 2.04. The highest BCUT2D eigenvalue weighted by Gasteiger charge is 2.05. The van der Waals surface area contributed by atoms with E-state index in [0.717, 1.165) is 23.9 Å². The summed E-state index contributed by atoms with van der Waals surface area (Å²) in [5.41, 5.74) is 0. The van der Waals surface area contributed by atoms with Gasteiger partial charge in [-0.1, -0.05) is 13.3 Å². The molecule has 1 aromatic rings. The highest BCUT2D eigenvalue weighted by atomic mass is 79.9. The molecule has 0 aliphatic rings. The van der Waals surface area contributed by atoms with E-state index in [4.69, 9.17) is 9.47 Å². The molecular formula is C11H18BrN3O2. The fourth-order valence-electron chi connectivity index (χ4n) is 1.12. The lowest BCUT2D eigenvalue weighted by molar-refractivity contribution is 0.0962. The van der Waals surface area contributed by atoms with Gasteiger partial charge in [0, 0.05) is 13.7 Å². The topological polar surface area (TPSA) is 56.3 Å². The van der Waals surface area contributed by atoms with Crippen LogP contribution in [0.5, 0.6) is 5.88 Å². The molecule has 0 spiro atoms. The van der Waals surface area contributed by atoms with Crippen LogP contribution in [0.2, 0.25) is 0 Å². The van der Waals surface area contributed by atoms with Gasteiger partial charge >= 0.3 is 0 Å². The molecule has 0 aliphatic carbocycles. The highest BCUT2D eigenvalue weighted by Crippen LogP contribution is 2.22. The predicted octanol–water partition coefficient (Wildman–Crippen LogP) is 2.48. The fourth-order valence-corrected chi connectivity index (χ4v) is 1.42. The van der Waals surface area contributed by atoms with E-state index in [9.17, 15) is 0 Å². The van der Waals surface area contributed by atoms with Crippen molar-refractivity contribution in [1.29, 1.82) is 0 Å². The van der Waals surface area contributed by atoms with Gasteiger partial charge in [0.1, 0.15) is 6.61 Å². The van der Waals surface area contributed by atoms with Crippen molar-refractivity contribution >= 4 is 21.9 Å². The number of nitrogens with one attached hydrogen (secondary N) is 1. The number of aromatic nitrogens is 2. The summed E-state index contributed by atoms with van der Waals surface area (Å²) in [4.78, 5) is 8.22. The Morgan fingerprint density at radius 3 is 2.88 bits per heavy atom. The predicted molar refractivity (Wildman–Crippen MR) is 70.5 cm³/mol. The van der Waals surface area contributed by atoms with Crippen LogP contribution < -0.4 is 10.1 Å². The molecule has 1 N–H and O–H groups in total. The van der Waals surface area contributed by atoms with E-state index in [2.05, 4.69) is 38.1 Å². The summed E-state index contributed by atoms with van der Waals surface area (Å²) >= 11 is 3.34. The monoisotopic (exact) mass is 303 g/mol. The maximum Gasteiger partial charge on any atom is 0.232 e. The summed E-state index contributed by atoms with van der Waals surface area (Å²) < 4.78 is 11.6. The quantitative estimate of drug-likeness (QED) is 0.748. The van der Waals surface area contributed by atoms with E-state index in [1.807, 2.05) is 0 Å². The van der Waals surface area contributed by atoms with Crippen LogP contribution in [0.4, 0.5) is 5.95 Å². The van der Waals surface area contributed by atoms with Crippen molar-refractivity contribution in [3.05, 3.63) is 10.7 Å². The van der Waals surface area contributed by atoms with Gasteiger partial charge in [-0.05, 0) is 22.4 Å². The van der Waals surface area contributed by atoms with Crippen LogP contribution >= 0.6 is 15.9 Å². The number of anilines is 1. The molecule has 0 atom stereocenters. The van der Waals surface area contributed by atoms with Crippen LogP contribution in [0.3, 0.4) is 0 Å². The second-order valence-electron chi connectivity index (χ2n) is 3.41. The summed E-state index contributed by atoms with van der Waals surface area (Å²) in [6.07, 6.45) is 3.89. The molecule has 5 nitrogen and oxygen atoms in total. The number of unbranched alkanes of at least 4 members (excludes halogenated alkanes) is 1. The Kier molecular flexibility index (Phi) is 6.88. The lowest BCUT2D eigenvalue weighted by atomic mass is 10.4. The third kappa shape index (κ3) is 5.32. The Labute approximate surface area is 110 Å². The van der Waals surface area contributed by atoms with Crippen molar-refractivity contribution in [3.63, 3.8) is 0 Å². The molecule has 1 aromatic heterocycles. The Morgan fingerprint density at radius 2 is 2.18 bits per heavy atom.